The lowest BCUT2D eigenvalue weighted by atomic mass is 9.80. The molecule has 0 nitrogen and oxygen atoms in total. The number of allylic oxidation sites excluding steroid dienone is 9. The highest BCUT2D eigenvalue weighted by Crippen LogP contribution is 2.52. The Balaban J connectivity index is 2.62. The second-order valence-corrected chi connectivity index (χ2v) is 4.98. The van der Waals surface area contributed by atoms with E-state index in [1.807, 2.05) is 6.08 Å². The van der Waals surface area contributed by atoms with Crippen LogP contribution in [0.5, 0.6) is 0 Å². The molecule has 0 radical (unpaired) electrons. The first kappa shape index (κ1) is 11.2. The third kappa shape index (κ3) is 1.44. The van der Waals surface area contributed by atoms with Crippen LogP contribution in [0.4, 0.5) is 0 Å². The summed E-state index contributed by atoms with van der Waals surface area (Å²) in [7, 11) is 0. The minimum absolute atomic E-state index is 0.141. The van der Waals surface area contributed by atoms with Gasteiger partial charge in [0.25, 0.3) is 0 Å². The molecule has 0 saturated heterocycles. The van der Waals surface area contributed by atoms with Gasteiger partial charge in [-0.15, -0.1) is 0 Å². The molecule has 0 N–H and O–H groups in total. The molecule has 2 rings (SSSR count). The molecule has 0 aromatic carbocycles. The van der Waals surface area contributed by atoms with E-state index >= 15 is 0 Å². The van der Waals surface area contributed by atoms with Crippen molar-refractivity contribution in [1.82, 2.24) is 0 Å². The summed E-state index contributed by atoms with van der Waals surface area (Å²) in [5.74, 6) is 0. The van der Waals surface area contributed by atoms with Crippen molar-refractivity contribution in [2.75, 3.05) is 0 Å². The van der Waals surface area contributed by atoms with Crippen molar-refractivity contribution in [2.24, 2.45) is 5.41 Å². The summed E-state index contributed by atoms with van der Waals surface area (Å²) >= 11 is 0. The summed E-state index contributed by atoms with van der Waals surface area (Å²) < 4.78 is 0. The van der Waals surface area contributed by atoms with Crippen LogP contribution in [-0.4, -0.2) is 0 Å². The molecule has 0 fully saturated rings. The van der Waals surface area contributed by atoms with E-state index in [0.29, 0.717) is 0 Å². The normalized spacial score (nSPS) is 27.7. The lowest BCUT2D eigenvalue weighted by molar-refractivity contribution is 0.575. The van der Waals surface area contributed by atoms with Gasteiger partial charge in [-0.1, -0.05) is 50.8 Å². The highest BCUT2D eigenvalue weighted by Gasteiger charge is 2.38. The largest absolute Gasteiger partial charge is 0.0991 e. The second-order valence-electron chi connectivity index (χ2n) is 4.98. The molecule has 0 heteroatoms. The average Bonchev–Trinajstić information content (AvgIpc) is 2.49. The van der Waals surface area contributed by atoms with Crippen LogP contribution in [0.25, 0.3) is 0 Å². The van der Waals surface area contributed by atoms with Gasteiger partial charge < -0.3 is 0 Å². The fourth-order valence-corrected chi connectivity index (χ4v) is 2.92. The van der Waals surface area contributed by atoms with Crippen LogP contribution in [0.15, 0.2) is 59.3 Å². The Kier molecular flexibility index (Phi) is 2.75. The Morgan fingerprint density at radius 3 is 2.75 bits per heavy atom. The van der Waals surface area contributed by atoms with Gasteiger partial charge >= 0.3 is 0 Å². The molecule has 0 bridgehead atoms. The van der Waals surface area contributed by atoms with Crippen LogP contribution in [0.3, 0.4) is 0 Å². The summed E-state index contributed by atoms with van der Waals surface area (Å²) in [6.45, 7) is 10.6. The Hall–Kier alpha value is -1.30. The lowest BCUT2D eigenvalue weighted by Crippen LogP contribution is -2.12. The Labute approximate surface area is 98.8 Å². The van der Waals surface area contributed by atoms with E-state index in [1.54, 1.807) is 5.57 Å². The van der Waals surface area contributed by atoms with E-state index in [2.05, 4.69) is 51.7 Å². The van der Waals surface area contributed by atoms with Crippen LogP contribution >= 0.6 is 0 Å². The SMILES string of the molecule is C=C/C=C1\C(=C/C)C2=C(C=CCC2)C1(C)C. The molecule has 2 aliphatic rings. The van der Waals surface area contributed by atoms with Crippen molar-refractivity contribution in [1.29, 1.82) is 0 Å². The molecular weight excluding hydrogens is 192 g/mol. The zero-order chi connectivity index (χ0) is 11.8. The highest BCUT2D eigenvalue weighted by molar-refractivity contribution is 5.65. The van der Waals surface area contributed by atoms with Gasteiger partial charge in [0.2, 0.25) is 0 Å². The Bertz CT molecular complexity index is 437. The first-order valence-corrected chi connectivity index (χ1v) is 6.03. The summed E-state index contributed by atoms with van der Waals surface area (Å²) in [6.07, 6.45) is 13.3. The fourth-order valence-electron chi connectivity index (χ4n) is 2.92. The minimum Gasteiger partial charge on any atom is -0.0991 e. The second kappa shape index (κ2) is 3.93. The number of hydrogen-bond donors (Lipinski definition) is 0. The van der Waals surface area contributed by atoms with Gasteiger partial charge in [0, 0.05) is 5.41 Å². The maximum Gasteiger partial charge on any atom is 0.0155 e. The van der Waals surface area contributed by atoms with Gasteiger partial charge in [-0.2, -0.15) is 0 Å². The van der Waals surface area contributed by atoms with Crippen molar-refractivity contribution < 1.29 is 0 Å². The van der Waals surface area contributed by atoms with Crippen LogP contribution in [0.2, 0.25) is 0 Å². The Morgan fingerprint density at radius 1 is 1.38 bits per heavy atom. The number of hydrogen-bond acceptors (Lipinski definition) is 0. The monoisotopic (exact) mass is 212 g/mol. The predicted molar refractivity (Wildman–Crippen MR) is 71.2 cm³/mol. The molecule has 0 atom stereocenters. The molecular formula is C16H20. The highest BCUT2D eigenvalue weighted by atomic mass is 14.4. The first-order chi connectivity index (χ1) is 7.62. The summed E-state index contributed by atoms with van der Waals surface area (Å²) in [5, 5.41) is 0. The molecule has 0 aliphatic heterocycles. The third-order valence-electron chi connectivity index (χ3n) is 3.71. The quantitative estimate of drug-likeness (QED) is 0.589. The molecule has 0 aromatic heterocycles. The van der Waals surface area contributed by atoms with Gasteiger partial charge in [0.15, 0.2) is 0 Å². The van der Waals surface area contributed by atoms with Gasteiger partial charge in [-0.3, -0.25) is 0 Å². The van der Waals surface area contributed by atoms with Gasteiger partial charge in [-0.25, -0.2) is 0 Å². The van der Waals surface area contributed by atoms with Crippen molar-refractivity contribution in [3.05, 3.63) is 59.3 Å². The van der Waals surface area contributed by atoms with Gasteiger partial charge in [0.1, 0.15) is 0 Å². The molecule has 2 aliphatic carbocycles. The van der Waals surface area contributed by atoms with Crippen molar-refractivity contribution in [3.8, 4) is 0 Å². The molecule has 0 unspecified atom stereocenters. The van der Waals surface area contributed by atoms with Gasteiger partial charge in [-0.05, 0) is 42.1 Å². The van der Waals surface area contributed by atoms with Crippen LogP contribution < -0.4 is 0 Å². The topological polar surface area (TPSA) is 0 Å². The zero-order valence-electron chi connectivity index (χ0n) is 10.5. The lowest BCUT2D eigenvalue weighted by Gasteiger charge is -2.24. The first-order valence-electron chi connectivity index (χ1n) is 6.03. The molecule has 0 saturated carbocycles. The van der Waals surface area contributed by atoms with E-state index < -0.39 is 0 Å². The van der Waals surface area contributed by atoms with Crippen molar-refractivity contribution >= 4 is 0 Å². The molecule has 0 spiro atoms. The van der Waals surface area contributed by atoms with E-state index in [9.17, 15) is 0 Å². The van der Waals surface area contributed by atoms with E-state index in [1.165, 1.54) is 29.6 Å². The molecule has 0 amide bonds. The van der Waals surface area contributed by atoms with Crippen LogP contribution in [0.1, 0.15) is 33.6 Å². The fraction of sp³-hybridized carbons (Fsp3) is 0.375. The maximum absolute atomic E-state index is 3.84. The van der Waals surface area contributed by atoms with Crippen molar-refractivity contribution in [2.45, 2.75) is 33.6 Å². The van der Waals surface area contributed by atoms with E-state index in [4.69, 9.17) is 0 Å². The summed E-state index contributed by atoms with van der Waals surface area (Å²) in [5.41, 5.74) is 6.04. The zero-order valence-corrected chi connectivity index (χ0v) is 10.5. The van der Waals surface area contributed by atoms with Gasteiger partial charge in [0.05, 0.1) is 0 Å². The predicted octanol–water partition coefficient (Wildman–Crippen LogP) is 4.73. The third-order valence-corrected chi connectivity index (χ3v) is 3.71. The standard InChI is InChI=1S/C16H20/c1-5-9-14-12(6-2)13-10-7-8-11-15(13)16(14,3)4/h5-6,8-9,11H,1,7,10H2,2-4H3/b12-6-,14-9+. The molecule has 0 aromatic rings. The van der Waals surface area contributed by atoms with Crippen molar-refractivity contribution in [3.63, 3.8) is 0 Å². The smallest absolute Gasteiger partial charge is 0.0155 e. The molecule has 16 heavy (non-hydrogen) atoms. The Morgan fingerprint density at radius 2 is 2.12 bits per heavy atom. The van der Waals surface area contributed by atoms with E-state index in [0.717, 1.165) is 0 Å². The molecule has 84 valence electrons. The summed E-state index contributed by atoms with van der Waals surface area (Å²) in [4.78, 5) is 0. The maximum atomic E-state index is 3.84. The number of rotatable bonds is 1. The van der Waals surface area contributed by atoms with Crippen LogP contribution in [-0.2, 0) is 0 Å². The van der Waals surface area contributed by atoms with E-state index in [-0.39, 0.29) is 5.41 Å². The molecule has 0 heterocycles. The minimum atomic E-state index is 0.141. The summed E-state index contributed by atoms with van der Waals surface area (Å²) in [6, 6.07) is 0. The average molecular weight is 212 g/mol. The van der Waals surface area contributed by atoms with Crippen LogP contribution in [0, 0.1) is 5.41 Å².